The van der Waals surface area contributed by atoms with E-state index in [4.69, 9.17) is 0 Å². The molecule has 2 N–H and O–H groups in total. The van der Waals surface area contributed by atoms with Crippen LogP contribution in [-0.4, -0.2) is 27.2 Å². The van der Waals surface area contributed by atoms with Crippen LogP contribution in [-0.2, 0) is 9.59 Å². The minimum absolute atomic E-state index is 0.0714. The maximum atomic E-state index is 12.3. The number of anilines is 1. The Morgan fingerprint density at radius 2 is 1.92 bits per heavy atom. The summed E-state index contributed by atoms with van der Waals surface area (Å²) in [5, 5.41) is 12.3. The highest BCUT2D eigenvalue weighted by atomic mass is 32.2. The maximum absolute atomic E-state index is 12.3. The quantitative estimate of drug-likeness (QED) is 0.882. The second-order valence-electron chi connectivity index (χ2n) is 5.98. The Kier molecular flexibility index (Phi) is 4.90. The first-order valence-electron chi connectivity index (χ1n) is 7.88. The number of rotatable bonds is 4. The van der Waals surface area contributed by atoms with E-state index in [1.807, 2.05) is 32.0 Å². The molecule has 1 aliphatic heterocycles. The number of carbonyl (C=O) groups is 2. The lowest BCUT2D eigenvalue weighted by Crippen LogP contribution is -2.21. The van der Waals surface area contributed by atoms with Crippen LogP contribution in [0.5, 0.6) is 5.75 Å². The summed E-state index contributed by atoms with van der Waals surface area (Å²) < 4.78 is 0. The number of nitrogens with one attached hydrogen (secondary N) is 1. The molecule has 0 aromatic heterocycles. The Labute approximate surface area is 150 Å². The van der Waals surface area contributed by atoms with E-state index in [0.717, 1.165) is 22.4 Å². The number of aromatic hydroxyl groups is 1. The van der Waals surface area contributed by atoms with Crippen LogP contribution in [0.3, 0.4) is 0 Å². The number of hydrogen-bond donors (Lipinski definition) is 2. The average molecular weight is 354 g/mol. The second-order valence-corrected chi connectivity index (χ2v) is 7.17. The number of hydrogen-bond acceptors (Lipinski definition) is 4. The standard InChI is InChI=1S/C19H18N2O3S/c1-11-3-4-12(2)15(9-11)20-17(23)10-16-18(24)21-19(25-16)13-5-7-14(22)8-6-13/h3-9,16,22H,10H2,1-2H3,(H,20,23)/t16-/m1/s1. The molecule has 0 aliphatic carbocycles. The van der Waals surface area contributed by atoms with E-state index in [1.54, 1.807) is 24.3 Å². The van der Waals surface area contributed by atoms with E-state index in [9.17, 15) is 14.7 Å². The normalized spacial score (nSPS) is 16.6. The molecule has 0 bridgehead atoms. The van der Waals surface area contributed by atoms with Crippen molar-refractivity contribution in [3.05, 3.63) is 59.2 Å². The third-order valence-corrected chi connectivity index (χ3v) is 5.10. The van der Waals surface area contributed by atoms with Gasteiger partial charge in [-0.25, -0.2) is 4.99 Å². The third kappa shape index (κ3) is 4.09. The van der Waals surface area contributed by atoms with Gasteiger partial charge in [0, 0.05) is 17.7 Å². The van der Waals surface area contributed by atoms with Crippen LogP contribution in [0.4, 0.5) is 5.69 Å². The van der Waals surface area contributed by atoms with E-state index in [2.05, 4.69) is 10.3 Å². The number of phenols is 1. The number of aliphatic imine (C=N–C) groups is 1. The van der Waals surface area contributed by atoms with Crippen molar-refractivity contribution in [2.24, 2.45) is 4.99 Å². The van der Waals surface area contributed by atoms with Crippen molar-refractivity contribution >= 4 is 34.3 Å². The minimum Gasteiger partial charge on any atom is -0.508 e. The molecule has 128 valence electrons. The Balaban J connectivity index is 1.64. The molecular weight excluding hydrogens is 336 g/mol. The minimum atomic E-state index is -0.520. The summed E-state index contributed by atoms with van der Waals surface area (Å²) in [6, 6.07) is 12.3. The number of amides is 2. The molecule has 1 aliphatic rings. The van der Waals surface area contributed by atoms with Gasteiger partial charge in [-0.05, 0) is 55.3 Å². The summed E-state index contributed by atoms with van der Waals surface area (Å²) in [6.07, 6.45) is 0.0714. The Morgan fingerprint density at radius 1 is 1.20 bits per heavy atom. The van der Waals surface area contributed by atoms with Gasteiger partial charge in [0.1, 0.15) is 16.0 Å². The Hall–Kier alpha value is -2.60. The molecule has 6 heteroatoms. The molecule has 0 saturated heterocycles. The highest BCUT2D eigenvalue weighted by Gasteiger charge is 2.31. The zero-order valence-electron chi connectivity index (χ0n) is 13.9. The van der Waals surface area contributed by atoms with Gasteiger partial charge in [-0.3, -0.25) is 9.59 Å². The van der Waals surface area contributed by atoms with Gasteiger partial charge in [0.05, 0.1) is 0 Å². The summed E-state index contributed by atoms with van der Waals surface area (Å²) in [6.45, 7) is 3.89. The molecule has 2 aromatic rings. The fourth-order valence-corrected chi connectivity index (χ4v) is 3.56. The van der Waals surface area contributed by atoms with E-state index in [-0.39, 0.29) is 24.0 Å². The summed E-state index contributed by atoms with van der Waals surface area (Å²) >= 11 is 1.28. The first-order valence-corrected chi connectivity index (χ1v) is 8.76. The molecule has 0 radical (unpaired) electrons. The SMILES string of the molecule is Cc1ccc(C)c(NC(=O)C[C@H]2SC(c3ccc(O)cc3)=NC2=O)c1. The van der Waals surface area contributed by atoms with Gasteiger partial charge in [0.25, 0.3) is 5.91 Å². The van der Waals surface area contributed by atoms with E-state index in [0.29, 0.717) is 5.04 Å². The summed E-state index contributed by atoms with van der Waals surface area (Å²) in [5.41, 5.74) is 3.56. The van der Waals surface area contributed by atoms with E-state index < -0.39 is 5.25 Å². The first kappa shape index (κ1) is 17.2. The largest absolute Gasteiger partial charge is 0.508 e. The van der Waals surface area contributed by atoms with Crippen LogP contribution < -0.4 is 5.32 Å². The van der Waals surface area contributed by atoms with Crippen LogP contribution in [0, 0.1) is 13.8 Å². The third-order valence-electron chi connectivity index (χ3n) is 3.89. The predicted octanol–water partition coefficient (Wildman–Crippen LogP) is 3.43. The van der Waals surface area contributed by atoms with Crippen molar-refractivity contribution < 1.29 is 14.7 Å². The lowest BCUT2D eigenvalue weighted by atomic mass is 10.1. The summed E-state index contributed by atoms with van der Waals surface area (Å²) in [4.78, 5) is 28.4. The smallest absolute Gasteiger partial charge is 0.260 e. The summed E-state index contributed by atoms with van der Waals surface area (Å²) in [7, 11) is 0. The lowest BCUT2D eigenvalue weighted by Gasteiger charge is -2.11. The topological polar surface area (TPSA) is 78.8 Å². The van der Waals surface area contributed by atoms with Crippen molar-refractivity contribution in [1.29, 1.82) is 0 Å². The lowest BCUT2D eigenvalue weighted by molar-refractivity contribution is -0.121. The summed E-state index contributed by atoms with van der Waals surface area (Å²) in [5.74, 6) is -0.353. The van der Waals surface area contributed by atoms with Crippen LogP contribution in [0.15, 0.2) is 47.5 Å². The first-order chi connectivity index (χ1) is 11.9. The highest BCUT2D eigenvalue weighted by molar-refractivity contribution is 8.16. The van der Waals surface area contributed by atoms with Crippen molar-refractivity contribution in [2.75, 3.05) is 5.32 Å². The zero-order chi connectivity index (χ0) is 18.0. The molecule has 0 unspecified atom stereocenters. The van der Waals surface area contributed by atoms with Crippen LogP contribution in [0.2, 0.25) is 0 Å². The van der Waals surface area contributed by atoms with Gasteiger partial charge in [-0.15, -0.1) is 0 Å². The monoisotopic (exact) mass is 354 g/mol. The van der Waals surface area contributed by atoms with Gasteiger partial charge < -0.3 is 10.4 Å². The van der Waals surface area contributed by atoms with Crippen LogP contribution in [0.25, 0.3) is 0 Å². The maximum Gasteiger partial charge on any atom is 0.260 e. The molecule has 5 nitrogen and oxygen atoms in total. The van der Waals surface area contributed by atoms with Crippen molar-refractivity contribution in [3.63, 3.8) is 0 Å². The molecule has 0 saturated carbocycles. The number of nitrogens with zero attached hydrogens (tertiary/aromatic N) is 1. The van der Waals surface area contributed by atoms with Crippen molar-refractivity contribution in [3.8, 4) is 5.75 Å². The molecular formula is C19H18N2O3S. The number of thioether (sulfide) groups is 1. The molecule has 0 fully saturated rings. The molecule has 0 spiro atoms. The molecule has 2 aromatic carbocycles. The van der Waals surface area contributed by atoms with Gasteiger partial charge in [-0.2, -0.15) is 0 Å². The zero-order valence-corrected chi connectivity index (χ0v) is 14.8. The Bertz CT molecular complexity index is 859. The van der Waals surface area contributed by atoms with Crippen LogP contribution >= 0.6 is 11.8 Å². The number of carbonyl (C=O) groups excluding carboxylic acids is 2. The number of aryl methyl sites for hydroxylation is 2. The fourth-order valence-electron chi connectivity index (χ4n) is 2.49. The number of benzene rings is 2. The van der Waals surface area contributed by atoms with Gasteiger partial charge >= 0.3 is 0 Å². The molecule has 2 amide bonds. The fraction of sp³-hybridized carbons (Fsp3) is 0.211. The predicted molar refractivity (Wildman–Crippen MR) is 100 cm³/mol. The second kappa shape index (κ2) is 7.11. The van der Waals surface area contributed by atoms with Crippen LogP contribution in [0.1, 0.15) is 23.1 Å². The highest BCUT2D eigenvalue weighted by Crippen LogP contribution is 2.30. The average Bonchev–Trinajstić information content (AvgIpc) is 2.92. The number of phenolic OH excluding ortho intramolecular Hbond substituents is 1. The Morgan fingerprint density at radius 3 is 2.64 bits per heavy atom. The van der Waals surface area contributed by atoms with Gasteiger partial charge in [-0.1, -0.05) is 23.9 Å². The molecule has 25 heavy (non-hydrogen) atoms. The molecule has 1 atom stereocenters. The molecule has 3 rings (SSSR count). The van der Waals surface area contributed by atoms with Crippen molar-refractivity contribution in [1.82, 2.24) is 0 Å². The van der Waals surface area contributed by atoms with Crippen molar-refractivity contribution in [2.45, 2.75) is 25.5 Å². The molecule has 1 heterocycles. The van der Waals surface area contributed by atoms with Gasteiger partial charge in [0.15, 0.2) is 0 Å². The van der Waals surface area contributed by atoms with Gasteiger partial charge in [0.2, 0.25) is 5.91 Å². The van der Waals surface area contributed by atoms with E-state index in [1.165, 1.54) is 11.8 Å². The van der Waals surface area contributed by atoms with E-state index >= 15 is 0 Å².